The van der Waals surface area contributed by atoms with Crippen molar-refractivity contribution >= 4 is 29.4 Å². The normalized spacial score (nSPS) is 10.8. The average molecular weight is 519 g/mol. The maximum Gasteiger partial charge on any atom is 0.338 e. The zero-order valence-corrected chi connectivity index (χ0v) is 21.6. The molecule has 0 fully saturated rings. The lowest BCUT2D eigenvalue weighted by Crippen LogP contribution is -2.13. The fourth-order valence-corrected chi connectivity index (χ4v) is 3.48. The molecule has 4 N–H and O–H groups in total. The zero-order chi connectivity index (χ0) is 27.2. The summed E-state index contributed by atoms with van der Waals surface area (Å²) < 4.78 is 21.8. The minimum Gasteiger partial charge on any atom is -0.494 e. The molecule has 0 aromatic heterocycles. The van der Waals surface area contributed by atoms with Crippen LogP contribution in [-0.4, -0.2) is 31.8 Å². The van der Waals surface area contributed by atoms with Gasteiger partial charge in [0.25, 0.3) is 0 Å². The maximum absolute atomic E-state index is 12.2. The van der Waals surface area contributed by atoms with E-state index in [9.17, 15) is 9.59 Å². The molecule has 0 aliphatic carbocycles. The molecule has 0 unspecified atom stereocenters. The van der Waals surface area contributed by atoms with Gasteiger partial charge in [0.05, 0.1) is 12.2 Å². The van der Waals surface area contributed by atoms with E-state index in [0.717, 1.165) is 24.2 Å². The van der Waals surface area contributed by atoms with Crippen molar-refractivity contribution in [2.75, 3.05) is 31.3 Å². The van der Waals surface area contributed by atoms with E-state index in [0.29, 0.717) is 29.5 Å². The Bertz CT molecular complexity index is 1190. The molecule has 0 bridgehead atoms. The Balaban J connectivity index is 1.36. The molecule has 0 saturated heterocycles. The van der Waals surface area contributed by atoms with E-state index in [4.69, 9.17) is 30.4 Å². The van der Waals surface area contributed by atoms with Gasteiger partial charge in [-0.25, -0.2) is 9.59 Å². The zero-order valence-electron chi connectivity index (χ0n) is 21.6. The third-order valence-corrected chi connectivity index (χ3v) is 5.40. The molecule has 8 heteroatoms. The van der Waals surface area contributed by atoms with Gasteiger partial charge in [-0.2, -0.15) is 0 Å². The van der Waals surface area contributed by atoms with E-state index in [-0.39, 0.29) is 18.8 Å². The molecule has 0 radical (unpaired) electrons. The van der Waals surface area contributed by atoms with Gasteiger partial charge in [0.2, 0.25) is 0 Å². The smallest absolute Gasteiger partial charge is 0.338 e. The predicted molar refractivity (Wildman–Crippen MR) is 148 cm³/mol. The first-order valence-electron chi connectivity index (χ1n) is 12.6. The van der Waals surface area contributed by atoms with Crippen LogP contribution in [0.3, 0.4) is 0 Å². The Hall–Kier alpha value is -4.46. The summed E-state index contributed by atoms with van der Waals surface area (Å²) in [5.41, 5.74) is 13.3. The third kappa shape index (κ3) is 9.89. The molecule has 0 amide bonds. The molecule has 0 saturated carbocycles. The second-order valence-electron chi connectivity index (χ2n) is 8.58. The monoisotopic (exact) mass is 518 g/mol. The van der Waals surface area contributed by atoms with E-state index in [1.807, 2.05) is 0 Å². The minimum atomic E-state index is -0.526. The van der Waals surface area contributed by atoms with Crippen LogP contribution in [0.25, 0.3) is 6.08 Å². The van der Waals surface area contributed by atoms with Crippen molar-refractivity contribution in [3.8, 4) is 17.2 Å². The summed E-state index contributed by atoms with van der Waals surface area (Å²) in [5, 5.41) is 0. The summed E-state index contributed by atoms with van der Waals surface area (Å²) in [6, 6.07) is 18.7. The second-order valence-corrected chi connectivity index (χ2v) is 8.58. The lowest BCUT2D eigenvalue weighted by Gasteiger charge is -2.08. The van der Waals surface area contributed by atoms with Gasteiger partial charge in [-0.1, -0.05) is 38.3 Å². The van der Waals surface area contributed by atoms with Gasteiger partial charge in [0.1, 0.15) is 30.5 Å². The standard InChI is InChI=1S/C30H34N2O6/c1-2-3-4-5-16-35-27-11-13-28(14-12-27)38-29(33)15-8-22-6-9-26(10-7-22)36-17-18-37-30(34)23-19-24(31)21-25(32)20-23/h6-15,19-21H,2-5,16-18,31-32H2,1H3/b15-8+. The van der Waals surface area contributed by atoms with Crippen molar-refractivity contribution in [1.29, 1.82) is 0 Å². The van der Waals surface area contributed by atoms with E-state index in [1.165, 1.54) is 31.1 Å². The van der Waals surface area contributed by atoms with Crippen LogP contribution >= 0.6 is 0 Å². The van der Waals surface area contributed by atoms with Gasteiger partial charge in [-0.05, 0) is 72.7 Å². The van der Waals surface area contributed by atoms with E-state index in [2.05, 4.69) is 6.92 Å². The largest absolute Gasteiger partial charge is 0.494 e. The van der Waals surface area contributed by atoms with Crippen LogP contribution in [-0.2, 0) is 9.53 Å². The van der Waals surface area contributed by atoms with Crippen molar-refractivity contribution < 1.29 is 28.5 Å². The van der Waals surface area contributed by atoms with Crippen LogP contribution < -0.4 is 25.7 Å². The summed E-state index contributed by atoms with van der Waals surface area (Å²) in [7, 11) is 0. The molecule has 8 nitrogen and oxygen atoms in total. The Kier molecular flexibility index (Phi) is 11.1. The molecular weight excluding hydrogens is 484 g/mol. The van der Waals surface area contributed by atoms with Gasteiger partial charge in [0, 0.05) is 17.5 Å². The Morgan fingerprint density at radius 3 is 2.00 bits per heavy atom. The number of benzene rings is 3. The predicted octanol–water partition coefficient (Wildman–Crippen LogP) is 5.66. The number of anilines is 2. The number of nitrogen functional groups attached to an aromatic ring is 2. The van der Waals surface area contributed by atoms with Crippen molar-refractivity contribution in [1.82, 2.24) is 0 Å². The molecule has 0 aliphatic heterocycles. The van der Waals surface area contributed by atoms with Crippen LogP contribution in [0.1, 0.15) is 48.5 Å². The molecule has 3 aromatic carbocycles. The summed E-state index contributed by atoms with van der Waals surface area (Å²) in [6.45, 7) is 3.09. The van der Waals surface area contributed by atoms with E-state index in [1.54, 1.807) is 60.7 Å². The molecule has 200 valence electrons. The SMILES string of the molecule is CCCCCCOc1ccc(OC(=O)/C=C/c2ccc(OCCOC(=O)c3cc(N)cc(N)c3)cc2)cc1. The molecular formula is C30H34N2O6. The number of carbonyl (C=O) groups is 2. The van der Waals surface area contributed by atoms with E-state index < -0.39 is 11.9 Å². The number of rotatable bonds is 14. The van der Waals surface area contributed by atoms with Crippen LogP contribution in [0.4, 0.5) is 11.4 Å². The highest BCUT2D eigenvalue weighted by atomic mass is 16.6. The Morgan fingerprint density at radius 2 is 1.34 bits per heavy atom. The van der Waals surface area contributed by atoms with Crippen LogP contribution in [0.2, 0.25) is 0 Å². The summed E-state index contributed by atoms with van der Waals surface area (Å²) in [5.74, 6) is 0.788. The Morgan fingerprint density at radius 1 is 0.737 bits per heavy atom. The van der Waals surface area contributed by atoms with Crippen LogP contribution in [0.15, 0.2) is 72.8 Å². The molecule has 38 heavy (non-hydrogen) atoms. The molecule has 0 heterocycles. The number of carbonyl (C=O) groups excluding carboxylic acids is 2. The highest BCUT2D eigenvalue weighted by Gasteiger charge is 2.09. The van der Waals surface area contributed by atoms with Gasteiger partial charge in [-0.3, -0.25) is 0 Å². The fourth-order valence-electron chi connectivity index (χ4n) is 3.48. The first-order valence-corrected chi connectivity index (χ1v) is 12.6. The topological polar surface area (TPSA) is 123 Å². The molecule has 0 atom stereocenters. The van der Waals surface area contributed by atoms with Crippen LogP contribution in [0.5, 0.6) is 17.2 Å². The number of hydrogen-bond acceptors (Lipinski definition) is 8. The first kappa shape index (κ1) is 28.1. The number of nitrogens with two attached hydrogens (primary N) is 2. The minimum absolute atomic E-state index is 0.0626. The highest BCUT2D eigenvalue weighted by molar-refractivity contribution is 5.91. The number of unbranched alkanes of at least 4 members (excludes halogenated alkanes) is 3. The quantitative estimate of drug-likeness (QED) is 0.0921. The van der Waals surface area contributed by atoms with Crippen molar-refractivity contribution in [3.05, 3.63) is 83.9 Å². The fraction of sp³-hybridized carbons (Fsp3) is 0.267. The van der Waals surface area contributed by atoms with Crippen molar-refractivity contribution in [2.24, 2.45) is 0 Å². The molecule has 3 rings (SSSR count). The highest BCUT2D eigenvalue weighted by Crippen LogP contribution is 2.19. The van der Waals surface area contributed by atoms with Crippen molar-refractivity contribution in [2.45, 2.75) is 32.6 Å². The number of hydrogen-bond donors (Lipinski definition) is 2. The average Bonchev–Trinajstić information content (AvgIpc) is 2.91. The maximum atomic E-state index is 12.2. The Labute approximate surface area is 223 Å². The van der Waals surface area contributed by atoms with Gasteiger partial charge < -0.3 is 30.4 Å². The number of esters is 2. The lowest BCUT2D eigenvalue weighted by atomic mass is 10.2. The van der Waals surface area contributed by atoms with Gasteiger partial charge in [-0.15, -0.1) is 0 Å². The molecule has 0 spiro atoms. The summed E-state index contributed by atoms with van der Waals surface area (Å²) >= 11 is 0. The molecule has 0 aliphatic rings. The van der Waals surface area contributed by atoms with E-state index >= 15 is 0 Å². The summed E-state index contributed by atoms with van der Waals surface area (Å²) in [6.07, 6.45) is 7.60. The summed E-state index contributed by atoms with van der Waals surface area (Å²) in [4.78, 5) is 24.2. The van der Waals surface area contributed by atoms with Crippen LogP contribution in [0, 0.1) is 0 Å². The van der Waals surface area contributed by atoms with Gasteiger partial charge >= 0.3 is 11.9 Å². The first-order chi connectivity index (χ1) is 18.4. The lowest BCUT2D eigenvalue weighted by molar-refractivity contribution is -0.128. The molecule has 3 aromatic rings. The van der Waals surface area contributed by atoms with Crippen molar-refractivity contribution in [3.63, 3.8) is 0 Å². The second kappa shape index (κ2) is 14.9. The third-order valence-electron chi connectivity index (χ3n) is 5.40. The number of ether oxygens (including phenoxy) is 4. The van der Waals surface area contributed by atoms with Gasteiger partial charge in [0.15, 0.2) is 0 Å².